The molecule has 2 aromatic rings. The number of aryl methyl sites for hydroxylation is 1. The van der Waals surface area contributed by atoms with E-state index >= 15 is 0 Å². The Bertz CT molecular complexity index is 692. The lowest BCUT2D eigenvalue weighted by Crippen LogP contribution is -2.12. The van der Waals surface area contributed by atoms with E-state index in [2.05, 4.69) is 11.6 Å². The summed E-state index contributed by atoms with van der Waals surface area (Å²) in [5.41, 5.74) is 1.78. The highest BCUT2D eigenvalue weighted by Crippen LogP contribution is 2.19. The van der Waals surface area contributed by atoms with Crippen LogP contribution in [0.4, 0.5) is 5.69 Å². The van der Waals surface area contributed by atoms with Gasteiger partial charge in [-0.25, -0.2) is 8.42 Å². The van der Waals surface area contributed by atoms with Gasteiger partial charge in [0.15, 0.2) is 0 Å². The van der Waals surface area contributed by atoms with Crippen LogP contribution in [0.1, 0.15) is 25.3 Å². The molecule has 0 aliphatic rings. The molecule has 0 fully saturated rings. The monoisotopic (exact) mass is 319 g/mol. The number of unbranched alkanes of at least 4 members (excludes halogenated alkanes) is 1. The number of methoxy groups -OCH3 is 1. The third-order valence-electron chi connectivity index (χ3n) is 3.39. The SMILES string of the molecule is CCCCc1ccc(NS(=O)(=O)c2ccc(OC)cc2)cc1. The molecule has 0 heterocycles. The average molecular weight is 319 g/mol. The molecule has 2 aromatic carbocycles. The lowest BCUT2D eigenvalue weighted by molar-refractivity contribution is 0.414. The maximum Gasteiger partial charge on any atom is 0.261 e. The van der Waals surface area contributed by atoms with E-state index < -0.39 is 10.0 Å². The second-order valence-corrected chi connectivity index (χ2v) is 6.76. The largest absolute Gasteiger partial charge is 0.497 e. The Morgan fingerprint density at radius 1 is 1.00 bits per heavy atom. The number of ether oxygens (including phenoxy) is 1. The highest BCUT2D eigenvalue weighted by atomic mass is 32.2. The molecule has 0 aliphatic heterocycles. The molecular formula is C17H21NO3S. The summed E-state index contributed by atoms with van der Waals surface area (Å²) in [6.07, 6.45) is 3.30. The minimum Gasteiger partial charge on any atom is -0.497 e. The minimum atomic E-state index is -3.57. The lowest BCUT2D eigenvalue weighted by Gasteiger charge is -2.09. The first kappa shape index (κ1) is 16.4. The van der Waals surface area contributed by atoms with Crippen molar-refractivity contribution < 1.29 is 13.2 Å². The molecule has 0 saturated carbocycles. The highest BCUT2D eigenvalue weighted by Gasteiger charge is 2.14. The zero-order valence-corrected chi connectivity index (χ0v) is 13.7. The van der Waals surface area contributed by atoms with Crippen molar-refractivity contribution in [3.8, 4) is 5.75 Å². The smallest absolute Gasteiger partial charge is 0.261 e. The van der Waals surface area contributed by atoms with Gasteiger partial charge in [-0.15, -0.1) is 0 Å². The number of anilines is 1. The molecule has 0 aromatic heterocycles. The summed E-state index contributed by atoms with van der Waals surface area (Å²) >= 11 is 0. The summed E-state index contributed by atoms with van der Waals surface area (Å²) < 4.78 is 32.2. The molecule has 0 radical (unpaired) electrons. The lowest BCUT2D eigenvalue weighted by atomic mass is 10.1. The van der Waals surface area contributed by atoms with Crippen molar-refractivity contribution in [2.45, 2.75) is 31.1 Å². The quantitative estimate of drug-likeness (QED) is 0.843. The Hall–Kier alpha value is -2.01. The molecule has 118 valence electrons. The Morgan fingerprint density at radius 2 is 1.64 bits per heavy atom. The van der Waals surface area contributed by atoms with Gasteiger partial charge in [-0.1, -0.05) is 25.5 Å². The first-order valence-electron chi connectivity index (χ1n) is 7.31. The van der Waals surface area contributed by atoms with Crippen LogP contribution in [-0.4, -0.2) is 15.5 Å². The number of rotatable bonds is 7. The maximum absolute atomic E-state index is 12.3. The fraction of sp³-hybridized carbons (Fsp3) is 0.294. The standard InChI is InChI=1S/C17H21NO3S/c1-3-4-5-14-6-8-15(9-7-14)18-22(19,20)17-12-10-16(21-2)11-13-17/h6-13,18H,3-5H2,1-2H3. The number of hydrogen-bond donors (Lipinski definition) is 1. The molecule has 5 heteroatoms. The van der Waals surface area contributed by atoms with E-state index in [-0.39, 0.29) is 4.90 Å². The van der Waals surface area contributed by atoms with Gasteiger partial charge in [-0.3, -0.25) is 4.72 Å². The Labute approximate surface area is 132 Å². The molecule has 0 saturated heterocycles. The van der Waals surface area contributed by atoms with E-state index in [4.69, 9.17) is 4.74 Å². The van der Waals surface area contributed by atoms with E-state index in [1.54, 1.807) is 31.4 Å². The first-order chi connectivity index (χ1) is 10.5. The summed E-state index contributed by atoms with van der Waals surface area (Å²) in [7, 11) is -2.03. The molecule has 1 N–H and O–H groups in total. The van der Waals surface area contributed by atoms with Crippen LogP contribution in [0.5, 0.6) is 5.75 Å². The van der Waals surface area contributed by atoms with Crippen LogP contribution in [0.15, 0.2) is 53.4 Å². The second kappa shape index (κ2) is 7.31. The predicted octanol–water partition coefficient (Wildman–Crippen LogP) is 3.84. The summed E-state index contributed by atoms with van der Waals surface area (Å²) in [6.45, 7) is 2.15. The molecule has 22 heavy (non-hydrogen) atoms. The number of nitrogens with one attached hydrogen (secondary N) is 1. The molecule has 4 nitrogen and oxygen atoms in total. The number of hydrogen-bond acceptors (Lipinski definition) is 3. The topological polar surface area (TPSA) is 55.4 Å². The molecule has 0 spiro atoms. The van der Waals surface area contributed by atoms with Crippen molar-refractivity contribution in [3.05, 3.63) is 54.1 Å². The molecule has 0 amide bonds. The zero-order chi connectivity index (χ0) is 16.0. The van der Waals surface area contributed by atoms with Gasteiger partial charge in [0, 0.05) is 5.69 Å². The molecule has 0 aliphatic carbocycles. The van der Waals surface area contributed by atoms with E-state index in [1.807, 2.05) is 12.1 Å². The van der Waals surface area contributed by atoms with Gasteiger partial charge in [0.25, 0.3) is 10.0 Å². The molecule has 0 bridgehead atoms. The second-order valence-electron chi connectivity index (χ2n) is 5.08. The van der Waals surface area contributed by atoms with Crippen molar-refractivity contribution in [1.29, 1.82) is 0 Å². The highest BCUT2D eigenvalue weighted by molar-refractivity contribution is 7.92. The maximum atomic E-state index is 12.3. The van der Waals surface area contributed by atoms with Gasteiger partial charge >= 0.3 is 0 Å². The van der Waals surface area contributed by atoms with Gasteiger partial charge in [-0.05, 0) is 54.8 Å². The van der Waals surface area contributed by atoms with Crippen LogP contribution < -0.4 is 9.46 Å². The van der Waals surface area contributed by atoms with E-state index in [9.17, 15) is 8.42 Å². The van der Waals surface area contributed by atoms with Crippen LogP contribution in [0.2, 0.25) is 0 Å². The summed E-state index contributed by atoms with van der Waals surface area (Å²) in [5, 5.41) is 0. The molecule has 0 atom stereocenters. The van der Waals surface area contributed by atoms with Crippen LogP contribution in [-0.2, 0) is 16.4 Å². The van der Waals surface area contributed by atoms with Crippen LogP contribution >= 0.6 is 0 Å². The third-order valence-corrected chi connectivity index (χ3v) is 4.79. The van der Waals surface area contributed by atoms with Gasteiger partial charge in [0.1, 0.15) is 5.75 Å². The van der Waals surface area contributed by atoms with Gasteiger partial charge in [-0.2, -0.15) is 0 Å². The first-order valence-corrected chi connectivity index (χ1v) is 8.79. The van der Waals surface area contributed by atoms with Crippen molar-refractivity contribution >= 4 is 15.7 Å². The van der Waals surface area contributed by atoms with Crippen LogP contribution in [0.25, 0.3) is 0 Å². The van der Waals surface area contributed by atoms with Gasteiger partial charge in [0.2, 0.25) is 0 Å². The normalized spacial score (nSPS) is 11.2. The van der Waals surface area contributed by atoms with E-state index in [1.165, 1.54) is 17.7 Å². The van der Waals surface area contributed by atoms with Gasteiger partial charge < -0.3 is 4.74 Å². The average Bonchev–Trinajstić information content (AvgIpc) is 2.54. The van der Waals surface area contributed by atoms with Crippen LogP contribution in [0, 0.1) is 0 Å². The summed E-state index contributed by atoms with van der Waals surface area (Å²) in [4.78, 5) is 0.211. The fourth-order valence-corrected chi connectivity index (χ4v) is 3.15. The molecular weight excluding hydrogens is 298 g/mol. The van der Waals surface area contributed by atoms with Crippen molar-refractivity contribution in [1.82, 2.24) is 0 Å². The Balaban J connectivity index is 2.10. The van der Waals surface area contributed by atoms with E-state index in [0.29, 0.717) is 11.4 Å². The number of benzene rings is 2. The zero-order valence-electron chi connectivity index (χ0n) is 12.9. The molecule has 2 rings (SSSR count). The van der Waals surface area contributed by atoms with Gasteiger partial charge in [0.05, 0.1) is 12.0 Å². The summed E-state index contributed by atoms with van der Waals surface area (Å²) in [6, 6.07) is 13.8. The number of sulfonamides is 1. The third kappa shape index (κ3) is 4.24. The summed E-state index contributed by atoms with van der Waals surface area (Å²) in [5.74, 6) is 0.624. The van der Waals surface area contributed by atoms with Crippen molar-refractivity contribution in [2.24, 2.45) is 0 Å². The predicted molar refractivity (Wildman–Crippen MR) is 88.9 cm³/mol. The van der Waals surface area contributed by atoms with Crippen LogP contribution in [0.3, 0.4) is 0 Å². The van der Waals surface area contributed by atoms with E-state index in [0.717, 1.165) is 19.3 Å². The minimum absolute atomic E-state index is 0.211. The molecule has 0 unspecified atom stereocenters. The fourth-order valence-electron chi connectivity index (χ4n) is 2.09. The van der Waals surface area contributed by atoms with Crippen molar-refractivity contribution in [3.63, 3.8) is 0 Å². The Morgan fingerprint density at radius 3 is 2.18 bits per heavy atom. The Kier molecular flexibility index (Phi) is 5.44. The van der Waals surface area contributed by atoms with Crippen molar-refractivity contribution in [2.75, 3.05) is 11.8 Å².